The Morgan fingerprint density at radius 2 is 2.32 bits per heavy atom. The van der Waals surface area contributed by atoms with Gasteiger partial charge in [0.2, 0.25) is 0 Å². The molecule has 0 unspecified atom stereocenters. The zero-order valence-corrected chi connectivity index (χ0v) is 10.5. The van der Waals surface area contributed by atoms with Gasteiger partial charge in [0.15, 0.2) is 5.82 Å². The van der Waals surface area contributed by atoms with Gasteiger partial charge in [-0.2, -0.15) is 10.4 Å². The Hall–Kier alpha value is -2.75. The molecule has 0 aliphatic heterocycles. The molecule has 0 bridgehead atoms. The van der Waals surface area contributed by atoms with Crippen molar-refractivity contribution in [3.8, 4) is 6.07 Å². The van der Waals surface area contributed by atoms with E-state index in [0.29, 0.717) is 17.2 Å². The number of nitriles is 1. The fraction of sp³-hybridized carbons (Fsp3) is 0.250. The van der Waals surface area contributed by atoms with Gasteiger partial charge in [-0.1, -0.05) is 0 Å². The largest absolute Gasteiger partial charge is 0.342 e. The third-order valence-electron chi connectivity index (χ3n) is 2.49. The molecule has 0 aliphatic rings. The molecule has 2 rings (SSSR count). The van der Waals surface area contributed by atoms with Gasteiger partial charge < -0.3 is 5.32 Å². The molecule has 0 aromatic carbocycles. The molecule has 2 N–H and O–H groups in total. The Bertz CT molecular complexity index is 624. The quantitative estimate of drug-likeness (QED) is 0.847. The van der Waals surface area contributed by atoms with Crippen molar-refractivity contribution in [1.29, 1.82) is 5.26 Å². The summed E-state index contributed by atoms with van der Waals surface area (Å²) in [6, 6.07) is 4.63. The Morgan fingerprint density at radius 1 is 1.53 bits per heavy atom. The maximum Gasteiger partial charge on any atom is 0.253 e. The molecular weight excluding hydrogens is 244 g/mol. The first kappa shape index (κ1) is 12.7. The van der Waals surface area contributed by atoms with Gasteiger partial charge in [-0.3, -0.25) is 9.89 Å². The van der Waals surface area contributed by atoms with Crippen molar-refractivity contribution in [1.82, 2.24) is 25.5 Å². The second-order valence-electron chi connectivity index (χ2n) is 4.02. The van der Waals surface area contributed by atoms with Gasteiger partial charge in [0.1, 0.15) is 17.6 Å². The summed E-state index contributed by atoms with van der Waals surface area (Å²) >= 11 is 0. The van der Waals surface area contributed by atoms with E-state index >= 15 is 0 Å². The van der Waals surface area contributed by atoms with Crippen LogP contribution in [0.2, 0.25) is 0 Å². The molecule has 2 heterocycles. The highest BCUT2D eigenvalue weighted by atomic mass is 16.1. The monoisotopic (exact) mass is 256 g/mol. The van der Waals surface area contributed by atoms with Crippen LogP contribution < -0.4 is 5.32 Å². The Balaban J connectivity index is 2.06. The second kappa shape index (κ2) is 5.27. The summed E-state index contributed by atoms with van der Waals surface area (Å²) in [7, 11) is 0. The topological polar surface area (TPSA) is 107 Å². The number of carbonyl (C=O) groups is 1. The maximum absolute atomic E-state index is 11.9. The summed E-state index contributed by atoms with van der Waals surface area (Å²) in [5.41, 5.74) is 0.660. The van der Waals surface area contributed by atoms with Gasteiger partial charge in [0, 0.05) is 6.20 Å². The predicted octanol–water partition coefficient (Wildman–Crippen LogP) is 0.871. The first-order valence-electron chi connectivity index (χ1n) is 5.66. The molecule has 7 nitrogen and oxygen atoms in total. The second-order valence-corrected chi connectivity index (χ2v) is 4.02. The number of aryl methyl sites for hydroxylation is 1. The lowest BCUT2D eigenvalue weighted by molar-refractivity contribution is 0.0938. The van der Waals surface area contributed by atoms with E-state index in [0.717, 1.165) is 0 Å². The van der Waals surface area contributed by atoms with Gasteiger partial charge >= 0.3 is 0 Å². The standard InChI is InChI=1S/C12H12N6O/c1-7(11-16-8(2)17-18-11)15-12(19)9-3-4-10(5-13)14-6-9/h3-4,6-7H,1-2H3,(H,15,19)(H,16,17,18)/t7-/m1/s1. The number of hydrogen-bond donors (Lipinski definition) is 2. The van der Waals surface area contributed by atoms with Gasteiger partial charge in [0.05, 0.1) is 11.6 Å². The Kier molecular flexibility index (Phi) is 3.52. The summed E-state index contributed by atoms with van der Waals surface area (Å²) in [6.45, 7) is 3.58. The fourth-order valence-corrected chi connectivity index (χ4v) is 1.49. The summed E-state index contributed by atoms with van der Waals surface area (Å²) in [5.74, 6) is 0.926. The number of H-pyrrole nitrogens is 1. The van der Waals surface area contributed by atoms with Crippen molar-refractivity contribution < 1.29 is 4.79 Å². The number of pyridine rings is 1. The van der Waals surface area contributed by atoms with Crippen LogP contribution in [0.3, 0.4) is 0 Å². The molecule has 96 valence electrons. The lowest BCUT2D eigenvalue weighted by Gasteiger charge is -2.10. The Labute approximate surface area is 109 Å². The third kappa shape index (κ3) is 2.93. The Morgan fingerprint density at radius 3 is 2.84 bits per heavy atom. The van der Waals surface area contributed by atoms with E-state index in [4.69, 9.17) is 5.26 Å². The van der Waals surface area contributed by atoms with Crippen molar-refractivity contribution in [3.63, 3.8) is 0 Å². The minimum absolute atomic E-state index is 0.272. The number of nitrogens with one attached hydrogen (secondary N) is 2. The van der Waals surface area contributed by atoms with Crippen LogP contribution in [0.5, 0.6) is 0 Å². The number of aromatic nitrogens is 4. The van der Waals surface area contributed by atoms with E-state index in [1.54, 1.807) is 19.9 Å². The first-order valence-corrected chi connectivity index (χ1v) is 5.66. The van der Waals surface area contributed by atoms with E-state index in [9.17, 15) is 4.79 Å². The molecule has 7 heteroatoms. The highest BCUT2D eigenvalue weighted by Gasteiger charge is 2.15. The molecule has 0 aliphatic carbocycles. The lowest BCUT2D eigenvalue weighted by Crippen LogP contribution is -2.27. The smallest absolute Gasteiger partial charge is 0.253 e. The number of nitrogens with zero attached hydrogens (tertiary/aromatic N) is 4. The summed E-state index contributed by atoms with van der Waals surface area (Å²) in [6.07, 6.45) is 1.36. The summed E-state index contributed by atoms with van der Waals surface area (Å²) in [4.78, 5) is 19.9. The number of amides is 1. The highest BCUT2D eigenvalue weighted by Crippen LogP contribution is 2.08. The van der Waals surface area contributed by atoms with Crippen LogP contribution in [0, 0.1) is 18.3 Å². The van der Waals surface area contributed by atoms with E-state index in [-0.39, 0.29) is 17.6 Å². The van der Waals surface area contributed by atoms with Crippen LogP contribution in [-0.2, 0) is 0 Å². The minimum atomic E-state index is -0.312. The molecule has 1 atom stereocenters. The van der Waals surface area contributed by atoms with E-state index < -0.39 is 0 Å². The predicted molar refractivity (Wildman–Crippen MR) is 66.0 cm³/mol. The molecule has 0 radical (unpaired) electrons. The SMILES string of the molecule is Cc1nc([C@@H](C)NC(=O)c2ccc(C#N)nc2)n[nH]1. The van der Waals surface area contributed by atoms with Gasteiger partial charge in [0.25, 0.3) is 5.91 Å². The van der Waals surface area contributed by atoms with Gasteiger partial charge in [-0.15, -0.1) is 0 Å². The van der Waals surface area contributed by atoms with Crippen molar-refractivity contribution in [3.05, 3.63) is 41.2 Å². The first-order chi connectivity index (χ1) is 9.10. The van der Waals surface area contributed by atoms with Crippen LogP contribution in [0.4, 0.5) is 0 Å². The molecule has 0 saturated heterocycles. The van der Waals surface area contributed by atoms with Crippen LogP contribution in [0.15, 0.2) is 18.3 Å². The molecule has 1 amide bonds. The zero-order valence-electron chi connectivity index (χ0n) is 10.5. The third-order valence-corrected chi connectivity index (χ3v) is 2.49. The summed E-state index contributed by atoms with van der Waals surface area (Å²) in [5, 5.41) is 18.1. The fourth-order valence-electron chi connectivity index (χ4n) is 1.49. The molecular formula is C12H12N6O. The zero-order chi connectivity index (χ0) is 13.8. The average molecular weight is 256 g/mol. The van der Waals surface area contributed by atoms with E-state index in [1.165, 1.54) is 12.3 Å². The maximum atomic E-state index is 11.9. The van der Waals surface area contributed by atoms with Crippen molar-refractivity contribution in [2.45, 2.75) is 19.9 Å². The van der Waals surface area contributed by atoms with Gasteiger partial charge in [-0.25, -0.2) is 9.97 Å². The number of hydrogen-bond acceptors (Lipinski definition) is 5. The van der Waals surface area contributed by atoms with Crippen LogP contribution in [0.25, 0.3) is 0 Å². The van der Waals surface area contributed by atoms with E-state index in [2.05, 4.69) is 25.5 Å². The molecule has 19 heavy (non-hydrogen) atoms. The number of aromatic amines is 1. The molecule has 2 aromatic rings. The van der Waals surface area contributed by atoms with Crippen molar-refractivity contribution in [2.75, 3.05) is 0 Å². The average Bonchev–Trinajstić information content (AvgIpc) is 2.85. The summed E-state index contributed by atoms with van der Waals surface area (Å²) < 4.78 is 0. The van der Waals surface area contributed by atoms with Crippen LogP contribution >= 0.6 is 0 Å². The van der Waals surface area contributed by atoms with Crippen molar-refractivity contribution >= 4 is 5.91 Å². The molecule has 2 aromatic heterocycles. The normalized spacial score (nSPS) is 11.6. The highest BCUT2D eigenvalue weighted by molar-refractivity contribution is 5.94. The minimum Gasteiger partial charge on any atom is -0.342 e. The van der Waals surface area contributed by atoms with E-state index in [1.807, 2.05) is 6.07 Å². The lowest BCUT2D eigenvalue weighted by atomic mass is 10.2. The number of carbonyl (C=O) groups excluding carboxylic acids is 1. The van der Waals surface area contributed by atoms with Crippen LogP contribution in [0.1, 0.15) is 40.7 Å². The molecule has 0 spiro atoms. The molecule has 0 fully saturated rings. The van der Waals surface area contributed by atoms with Crippen LogP contribution in [-0.4, -0.2) is 26.1 Å². The van der Waals surface area contributed by atoms with Gasteiger partial charge in [-0.05, 0) is 26.0 Å². The number of rotatable bonds is 3. The molecule has 0 saturated carbocycles. The van der Waals surface area contributed by atoms with Crippen molar-refractivity contribution in [2.24, 2.45) is 0 Å².